The quantitative estimate of drug-likeness (QED) is 0.524. The van der Waals surface area contributed by atoms with Crippen LogP contribution in [-0.4, -0.2) is 8.11 Å². The van der Waals surface area contributed by atoms with Crippen molar-refractivity contribution in [2.24, 2.45) is 0 Å². The number of aryl methyl sites for hydroxylation is 2. The molecular weight excluding hydrogens is 390 g/mol. The van der Waals surface area contributed by atoms with Crippen LogP contribution in [0.25, 0.3) is 0 Å². The molecule has 10 saturated heterocycles. The molecule has 5 heteroatoms. The molecule has 0 amide bonds. The summed E-state index contributed by atoms with van der Waals surface area (Å²) in [6.45, 7) is 0.953. The monoisotopic (exact) mass is 410 g/mol. The van der Waals surface area contributed by atoms with Crippen LogP contribution in [0.4, 0.5) is 0 Å². The number of hydrogen-bond donors (Lipinski definition) is 0. The first kappa shape index (κ1) is 11.1. The molecule has 0 radical (unpaired) electrons. The second-order valence-electron chi connectivity index (χ2n) is 12.8. The standard InChI is InChI=1S/2C10H10OP.Fe/c2*1-8-6-7-10(11-8)12-9-4-2-3-5-9;/h2*2-7,12H,1H3;. The SMILES string of the molecule is Cc1ccc(P[C]23[CH]4[CH]5[CH]6[CH]2[Fe]56432789[CH]3[CH]2[CH]7[C]8(Pc2ccc(C)o2)[CH]39)o1. The molecule has 0 N–H and O–H groups in total. The zero-order chi connectivity index (χ0) is 15.9. The van der Waals surface area contributed by atoms with Gasteiger partial charge in [0.2, 0.25) is 0 Å². The van der Waals surface area contributed by atoms with Crippen LogP contribution in [0, 0.1) is 13.8 Å². The van der Waals surface area contributed by atoms with Gasteiger partial charge in [0.25, 0.3) is 0 Å². The first-order valence-electron chi connectivity index (χ1n) is 9.78. The van der Waals surface area contributed by atoms with Gasteiger partial charge in [-0.15, -0.1) is 0 Å². The van der Waals surface area contributed by atoms with E-state index in [9.17, 15) is 0 Å². The van der Waals surface area contributed by atoms with Crippen molar-refractivity contribution in [1.29, 1.82) is 0 Å². The summed E-state index contributed by atoms with van der Waals surface area (Å²) in [7, 11) is 2.10. The minimum absolute atomic E-state index is 0.910. The van der Waals surface area contributed by atoms with E-state index in [1.165, 1.54) is 49.5 Å². The zero-order valence-electron chi connectivity index (χ0n) is 14.1. The van der Waals surface area contributed by atoms with E-state index in [1.54, 1.807) is 0 Å². The van der Waals surface area contributed by atoms with Crippen molar-refractivity contribution in [2.75, 3.05) is 0 Å². The first-order valence-corrected chi connectivity index (χ1v) is 18.0. The van der Waals surface area contributed by atoms with Gasteiger partial charge in [-0.25, -0.2) is 0 Å². The molecule has 0 bridgehead atoms. The third-order valence-electron chi connectivity index (χ3n) is 16.9. The van der Waals surface area contributed by atoms with E-state index in [0.717, 1.165) is 36.8 Å². The maximum atomic E-state index is 6.15. The summed E-state index contributed by atoms with van der Waals surface area (Å²) < 4.78 is 14.1. The van der Waals surface area contributed by atoms with Gasteiger partial charge in [0.1, 0.15) is 0 Å². The van der Waals surface area contributed by atoms with Gasteiger partial charge in [0, 0.05) is 0 Å². The molecule has 12 heterocycles. The van der Waals surface area contributed by atoms with E-state index < -0.39 is 6.51 Å². The summed E-state index contributed by atoms with van der Waals surface area (Å²) in [5.41, 5.74) is 2.75. The normalized spacial score (nSPS) is 88.9. The molecule has 10 aliphatic heterocycles. The molecule has 25 heavy (non-hydrogen) atoms. The van der Waals surface area contributed by atoms with E-state index in [2.05, 4.69) is 38.1 Å². The van der Waals surface area contributed by atoms with Crippen molar-refractivity contribution < 1.29 is 15.3 Å². The van der Waals surface area contributed by atoms with Crippen molar-refractivity contribution in [3.63, 3.8) is 0 Å². The predicted octanol–water partition coefficient (Wildman–Crippen LogP) is 5.00. The average Bonchev–Trinajstić information content (AvgIpc) is 3.40. The van der Waals surface area contributed by atoms with Gasteiger partial charge in [-0.1, -0.05) is 0 Å². The molecule has 12 rings (SSSR count). The molecule has 10 unspecified atom stereocenters. The van der Waals surface area contributed by atoms with Gasteiger partial charge in [-0.3, -0.25) is 0 Å². The second-order valence-corrected chi connectivity index (χ2v) is 40.1. The minimum atomic E-state index is -3.29. The van der Waals surface area contributed by atoms with Crippen LogP contribution in [0.5, 0.6) is 0 Å². The van der Waals surface area contributed by atoms with Crippen molar-refractivity contribution in [3.8, 4) is 0 Å². The van der Waals surface area contributed by atoms with Crippen LogP contribution in [0.2, 0.25) is 38.5 Å². The maximum absolute atomic E-state index is 6.15. The van der Waals surface area contributed by atoms with Crippen molar-refractivity contribution in [3.05, 3.63) is 35.8 Å². The molecule has 1 spiro atoms. The average molecular weight is 410 g/mol. The Morgan fingerprint density at radius 2 is 1.12 bits per heavy atom. The number of fused-ring (bicyclic) bond motifs is 10. The van der Waals surface area contributed by atoms with Crippen LogP contribution in [0.15, 0.2) is 33.1 Å². The molecule has 2 nitrogen and oxygen atoms in total. The van der Waals surface area contributed by atoms with Crippen LogP contribution in [0.3, 0.4) is 0 Å². The first-order chi connectivity index (χ1) is 11.9. The van der Waals surface area contributed by atoms with E-state index in [1.807, 2.05) is 0 Å². The number of furan rings is 2. The van der Waals surface area contributed by atoms with Gasteiger partial charge in [0.05, 0.1) is 0 Å². The molecule has 0 aromatic carbocycles. The van der Waals surface area contributed by atoms with E-state index in [4.69, 9.17) is 8.83 Å². The third kappa shape index (κ3) is 0.179. The molecule has 130 valence electrons. The van der Waals surface area contributed by atoms with Crippen molar-refractivity contribution in [2.45, 2.75) is 60.5 Å². The van der Waals surface area contributed by atoms with E-state index >= 15 is 0 Å². The van der Waals surface area contributed by atoms with Crippen molar-refractivity contribution >= 4 is 28.2 Å². The Labute approximate surface area is 139 Å². The Bertz CT molecular complexity index is 1420. The topological polar surface area (TPSA) is 26.3 Å². The van der Waals surface area contributed by atoms with Crippen LogP contribution >= 0.6 is 17.2 Å². The van der Waals surface area contributed by atoms with Gasteiger partial charge in [-0.05, 0) is 0 Å². The fraction of sp³-hybridized carbons (Fsp3) is 0.600. The Morgan fingerprint density at radius 1 is 0.720 bits per heavy atom. The summed E-state index contributed by atoms with van der Waals surface area (Å²) in [4.78, 5) is 10.7. The Kier molecular flexibility index (Phi) is 0.547. The number of hydrogen-bond acceptors (Lipinski definition) is 2. The number of rotatable bonds is 4. The molecule has 0 saturated carbocycles. The molecule has 10 atom stereocenters. The molecular formula is C20H20FeO2P2. The van der Waals surface area contributed by atoms with E-state index in [0.29, 0.717) is 0 Å². The fourth-order valence-corrected chi connectivity index (χ4v) is 118. The summed E-state index contributed by atoms with van der Waals surface area (Å²) >= 11 is 0. The summed E-state index contributed by atoms with van der Waals surface area (Å²) in [5, 5.41) is 0. The molecule has 10 aliphatic rings. The Morgan fingerprint density at radius 3 is 1.40 bits per heavy atom. The predicted molar refractivity (Wildman–Crippen MR) is 98.3 cm³/mol. The molecule has 0 aliphatic carbocycles. The zero-order valence-corrected chi connectivity index (χ0v) is 17.2. The summed E-state index contributed by atoms with van der Waals surface area (Å²) in [6.07, 6.45) is 0. The molecule has 2 aromatic rings. The van der Waals surface area contributed by atoms with Gasteiger partial charge in [-0.2, -0.15) is 0 Å². The molecule has 10 fully saturated rings. The Balaban J connectivity index is 1.19. The van der Waals surface area contributed by atoms with Crippen LogP contribution in [-0.2, 0) is 6.51 Å². The molecule has 2 aromatic heterocycles. The second kappa shape index (κ2) is 1.24. The van der Waals surface area contributed by atoms with Gasteiger partial charge in [0.15, 0.2) is 0 Å². The van der Waals surface area contributed by atoms with Gasteiger partial charge < -0.3 is 0 Å². The fourth-order valence-electron chi connectivity index (χ4n) is 18.6. The van der Waals surface area contributed by atoms with Crippen LogP contribution in [0.1, 0.15) is 11.5 Å². The van der Waals surface area contributed by atoms with Crippen LogP contribution < -0.4 is 11.0 Å². The van der Waals surface area contributed by atoms with Gasteiger partial charge >= 0.3 is 140 Å². The van der Waals surface area contributed by atoms with Crippen molar-refractivity contribution in [1.82, 2.24) is 0 Å². The Hall–Kier alpha value is -0.0605. The summed E-state index contributed by atoms with van der Waals surface area (Å²) in [5.74, 6) is 2.24. The van der Waals surface area contributed by atoms with E-state index in [-0.39, 0.29) is 0 Å². The summed E-state index contributed by atoms with van der Waals surface area (Å²) in [6, 6.07) is 9.06. The third-order valence-corrected chi connectivity index (χ3v) is 71.5.